The maximum Gasteiger partial charge on any atom is 0.246 e. The summed E-state index contributed by atoms with van der Waals surface area (Å²) in [6.07, 6.45) is 1.02. The van der Waals surface area contributed by atoms with Crippen LogP contribution in [0.1, 0.15) is 24.5 Å². The Morgan fingerprint density at radius 3 is 2.32 bits per heavy atom. The minimum Gasteiger partial charge on any atom is -0.338 e. The number of carbonyl (C=O) groups is 2. The minimum absolute atomic E-state index is 0.0195. The average molecular weight is 377 g/mol. The van der Waals surface area contributed by atoms with Crippen molar-refractivity contribution in [2.75, 3.05) is 31.1 Å². The molecule has 0 aromatic heterocycles. The van der Waals surface area contributed by atoms with Crippen LogP contribution in [0, 0.1) is 0 Å². The summed E-state index contributed by atoms with van der Waals surface area (Å²) in [6.45, 7) is 5.93. The van der Waals surface area contributed by atoms with Gasteiger partial charge in [-0.2, -0.15) is 0 Å². The van der Waals surface area contributed by atoms with Gasteiger partial charge in [0.2, 0.25) is 11.8 Å². The molecule has 5 heteroatoms. The molecule has 146 valence electrons. The van der Waals surface area contributed by atoms with Crippen LogP contribution < -0.4 is 4.90 Å². The van der Waals surface area contributed by atoms with E-state index in [9.17, 15) is 9.59 Å². The van der Waals surface area contributed by atoms with E-state index in [1.54, 1.807) is 4.90 Å². The van der Waals surface area contributed by atoms with Gasteiger partial charge in [0.25, 0.3) is 0 Å². The average Bonchev–Trinajstić information content (AvgIpc) is 3.13. The molecule has 1 atom stereocenters. The van der Waals surface area contributed by atoms with Crippen molar-refractivity contribution >= 4 is 17.5 Å². The number of carbonyl (C=O) groups excluding carboxylic acids is 2. The molecule has 5 nitrogen and oxygen atoms in total. The van der Waals surface area contributed by atoms with Crippen LogP contribution in [0.25, 0.3) is 0 Å². The minimum atomic E-state index is -0.398. The third-order valence-electron chi connectivity index (χ3n) is 5.77. The van der Waals surface area contributed by atoms with Gasteiger partial charge in [-0.15, -0.1) is 0 Å². The SMILES string of the molecule is CCC(=O)N1c2ccccc2CC1C(=O)N1CCN(Cc2ccccc2)CC1. The van der Waals surface area contributed by atoms with E-state index in [2.05, 4.69) is 29.2 Å². The Balaban J connectivity index is 1.41. The molecule has 0 spiro atoms. The Morgan fingerprint density at radius 1 is 0.929 bits per heavy atom. The first-order chi connectivity index (χ1) is 13.7. The summed E-state index contributed by atoms with van der Waals surface area (Å²) in [7, 11) is 0. The number of hydrogen-bond donors (Lipinski definition) is 0. The summed E-state index contributed by atoms with van der Waals surface area (Å²) in [6, 6.07) is 17.9. The van der Waals surface area contributed by atoms with Crippen molar-refractivity contribution in [1.29, 1.82) is 0 Å². The van der Waals surface area contributed by atoms with Gasteiger partial charge < -0.3 is 4.90 Å². The standard InChI is InChI=1S/C23H27N3O2/c1-2-22(27)26-20-11-7-6-10-19(20)16-21(26)23(28)25-14-12-24(13-15-25)17-18-8-4-3-5-9-18/h3-11,21H,2,12-17H2,1H3. The third-order valence-corrected chi connectivity index (χ3v) is 5.77. The van der Waals surface area contributed by atoms with E-state index in [0.717, 1.165) is 30.9 Å². The number of piperazine rings is 1. The van der Waals surface area contributed by atoms with Crippen LogP contribution in [-0.4, -0.2) is 53.8 Å². The van der Waals surface area contributed by atoms with Crippen LogP contribution in [0.5, 0.6) is 0 Å². The highest BCUT2D eigenvalue weighted by Gasteiger charge is 2.40. The summed E-state index contributed by atoms with van der Waals surface area (Å²) in [5.41, 5.74) is 3.29. The lowest BCUT2D eigenvalue weighted by atomic mass is 10.1. The Kier molecular flexibility index (Phi) is 5.44. The first kappa shape index (κ1) is 18.7. The maximum atomic E-state index is 13.3. The number of hydrogen-bond acceptors (Lipinski definition) is 3. The number of nitrogens with zero attached hydrogens (tertiary/aromatic N) is 3. The molecule has 0 aliphatic carbocycles. The molecule has 2 aromatic carbocycles. The fourth-order valence-electron chi connectivity index (χ4n) is 4.24. The van der Waals surface area contributed by atoms with Crippen LogP contribution in [0.15, 0.2) is 54.6 Å². The van der Waals surface area contributed by atoms with Gasteiger partial charge in [0.15, 0.2) is 0 Å². The van der Waals surface area contributed by atoms with E-state index in [1.807, 2.05) is 42.2 Å². The number of fused-ring (bicyclic) bond motifs is 1. The van der Waals surface area contributed by atoms with E-state index in [-0.39, 0.29) is 11.8 Å². The first-order valence-corrected chi connectivity index (χ1v) is 10.1. The monoisotopic (exact) mass is 377 g/mol. The van der Waals surface area contributed by atoms with Crippen LogP contribution in [-0.2, 0) is 22.6 Å². The fourth-order valence-corrected chi connectivity index (χ4v) is 4.24. The maximum absolute atomic E-state index is 13.3. The molecule has 2 aliphatic rings. The molecule has 4 rings (SSSR count). The predicted molar refractivity (Wildman–Crippen MR) is 110 cm³/mol. The highest BCUT2D eigenvalue weighted by Crippen LogP contribution is 2.33. The largest absolute Gasteiger partial charge is 0.338 e. The molecule has 2 aliphatic heterocycles. The van der Waals surface area contributed by atoms with Crippen molar-refractivity contribution < 1.29 is 9.59 Å². The summed E-state index contributed by atoms with van der Waals surface area (Å²) in [5.74, 6) is 0.100. The van der Waals surface area contributed by atoms with E-state index in [1.165, 1.54) is 5.56 Å². The summed E-state index contributed by atoms with van der Waals surface area (Å²) < 4.78 is 0. The molecule has 0 radical (unpaired) electrons. The lowest BCUT2D eigenvalue weighted by Gasteiger charge is -2.37. The second-order valence-corrected chi connectivity index (χ2v) is 7.55. The van der Waals surface area contributed by atoms with E-state index in [0.29, 0.717) is 25.9 Å². The smallest absolute Gasteiger partial charge is 0.246 e. The molecule has 28 heavy (non-hydrogen) atoms. The van der Waals surface area contributed by atoms with Crippen molar-refractivity contribution in [2.24, 2.45) is 0 Å². The molecule has 2 aromatic rings. The summed E-state index contributed by atoms with van der Waals surface area (Å²) >= 11 is 0. The van der Waals surface area contributed by atoms with Gasteiger partial charge in [-0.05, 0) is 17.2 Å². The fraction of sp³-hybridized carbons (Fsp3) is 0.391. The number of anilines is 1. The molecule has 1 saturated heterocycles. The summed E-state index contributed by atoms with van der Waals surface area (Å²) in [5, 5.41) is 0. The zero-order valence-electron chi connectivity index (χ0n) is 16.4. The van der Waals surface area contributed by atoms with Gasteiger partial charge in [-0.25, -0.2) is 0 Å². The van der Waals surface area contributed by atoms with Gasteiger partial charge >= 0.3 is 0 Å². The first-order valence-electron chi connectivity index (χ1n) is 10.1. The highest BCUT2D eigenvalue weighted by atomic mass is 16.2. The molecule has 0 saturated carbocycles. The molecule has 0 bridgehead atoms. The third kappa shape index (κ3) is 3.67. The zero-order valence-corrected chi connectivity index (χ0v) is 16.4. The van der Waals surface area contributed by atoms with Gasteiger partial charge in [0, 0.05) is 51.3 Å². The highest BCUT2D eigenvalue weighted by molar-refractivity contribution is 6.03. The predicted octanol–water partition coefficient (Wildman–Crippen LogP) is 2.70. The molecule has 2 heterocycles. The van der Waals surface area contributed by atoms with Crippen LogP contribution in [0.4, 0.5) is 5.69 Å². The lowest BCUT2D eigenvalue weighted by molar-refractivity contribution is -0.136. The zero-order chi connectivity index (χ0) is 19.5. The normalized spacial score (nSPS) is 19.5. The van der Waals surface area contributed by atoms with Gasteiger partial charge in [-0.3, -0.25) is 19.4 Å². The van der Waals surface area contributed by atoms with Crippen LogP contribution in [0.2, 0.25) is 0 Å². The lowest BCUT2D eigenvalue weighted by Crippen LogP contribution is -2.55. The van der Waals surface area contributed by atoms with Crippen molar-refractivity contribution in [2.45, 2.75) is 32.4 Å². The molecule has 1 unspecified atom stereocenters. The molecule has 2 amide bonds. The topological polar surface area (TPSA) is 43.9 Å². The van der Waals surface area contributed by atoms with Crippen molar-refractivity contribution in [3.63, 3.8) is 0 Å². The Morgan fingerprint density at radius 2 is 1.61 bits per heavy atom. The Labute approximate surface area is 166 Å². The van der Waals surface area contributed by atoms with E-state index in [4.69, 9.17) is 0 Å². The molecular formula is C23H27N3O2. The van der Waals surface area contributed by atoms with Gasteiger partial charge in [-0.1, -0.05) is 55.5 Å². The number of rotatable bonds is 4. The van der Waals surface area contributed by atoms with E-state index >= 15 is 0 Å². The van der Waals surface area contributed by atoms with E-state index < -0.39 is 6.04 Å². The van der Waals surface area contributed by atoms with Crippen molar-refractivity contribution in [1.82, 2.24) is 9.80 Å². The summed E-state index contributed by atoms with van der Waals surface area (Å²) in [4.78, 5) is 31.9. The number of amides is 2. The second-order valence-electron chi connectivity index (χ2n) is 7.55. The molecular weight excluding hydrogens is 350 g/mol. The van der Waals surface area contributed by atoms with Gasteiger partial charge in [0.05, 0.1) is 0 Å². The van der Waals surface area contributed by atoms with Crippen molar-refractivity contribution in [3.05, 3.63) is 65.7 Å². The van der Waals surface area contributed by atoms with Crippen LogP contribution in [0.3, 0.4) is 0 Å². The Hall–Kier alpha value is -2.66. The van der Waals surface area contributed by atoms with Crippen molar-refractivity contribution in [3.8, 4) is 0 Å². The number of benzene rings is 2. The van der Waals surface area contributed by atoms with Gasteiger partial charge in [0.1, 0.15) is 6.04 Å². The molecule has 0 N–H and O–H groups in total. The quantitative estimate of drug-likeness (QED) is 0.823. The van der Waals surface area contributed by atoms with Crippen LogP contribution >= 0.6 is 0 Å². The Bertz CT molecular complexity index is 844. The molecule has 1 fully saturated rings. The second kappa shape index (κ2) is 8.15. The number of para-hydroxylation sites is 1.